The van der Waals surface area contributed by atoms with Crippen molar-refractivity contribution >= 4 is 39.7 Å². The number of fused-ring (bicyclic) bond motifs is 2. The van der Waals surface area contributed by atoms with Crippen LogP contribution in [0.4, 0.5) is 5.82 Å². The van der Waals surface area contributed by atoms with Crippen LogP contribution in [-0.4, -0.2) is 30.9 Å². The lowest BCUT2D eigenvalue weighted by molar-refractivity contribution is 0.882. The van der Waals surface area contributed by atoms with Gasteiger partial charge >= 0.3 is 5.69 Å². The number of pyridine rings is 1. The zero-order valence-electron chi connectivity index (χ0n) is 17.8. The normalized spacial score (nSPS) is 11.6. The van der Waals surface area contributed by atoms with Crippen LogP contribution in [0.2, 0.25) is 0 Å². The van der Waals surface area contributed by atoms with Gasteiger partial charge in [-0.3, -0.25) is 4.98 Å². The molecule has 10 nitrogen and oxygen atoms in total. The highest BCUT2D eigenvalue weighted by atomic mass is 16.1. The third-order valence-corrected chi connectivity index (χ3v) is 5.43. The molecule has 0 fully saturated rings. The van der Waals surface area contributed by atoms with Gasteiger partial charge in [0.2, 0.25) is 0 Å². The number of hydrogen-bond acceptors (Lipinski definition) is 7. The van der Waals surface area contributed by atoms with E-state index in [0.717, 1.165) is 16.8 Å². The molecule has 5 rings (SSSR count). The number of benzene rings is 2. The van der Waals surface area contributed by atoms with E-state index >= 15 is 0 Å². The molecule has 0 saturated carbocycles. The minimum absolute atomic E-state index is 0.279. The molecular weight excluding hydrogens is 430 g/mol. The van der Waals surface area contributed by atoms with Gasteiger partial charge in [0.1, 0.15) is 0 Å². The maximum absolute atomic E-state index is 11.6. The highest BCUT2D eigenvalue weighted by molar-refractivity contribution is 5.92. The molecule has 3 aromatic heterocycles. The number of imidazole rings is 1. The number of nitrogen functional groups attached to an aromatic ring is 1. The summed E-state index contributed by atoms with van der Waals surface area (Å²) in [5.74, 6) is 0.333. The van der Waals surface area contributed by atoms with Crippen molar-refractivity contribution in [2.75, 3.05) is 5.73 Å². The van der Waals surface area contributed by atoms with Gasteiger partial charge in [-0.15, -0.1) is 5.10 Å². The number of hydrogen-bond donors (Lipinski definition) is 5. The third kappa shape index (κ3) is 3.78. The number of aromatic nitrogens is 5. The van der Waals surface area contributed by atoms with Gasteiger partial charge in [-0.1, -0.05) is 12.1 Å². The van der Waals surface area contributed by atoms with Crippen molar-refractivity contribution in [1.82, 2.24) is 30.0 Å². The van der Waals surface area contributed by atoms with Crippen LogP contribution >= 0.6 is 0 Å². The van der Waals surface area contributed by atoms with Crippen molar-refractivity contribution in [2.45, 2.75) is 6.54 Å². The fraction of sp³-hybridized carbons (Fsp3) is 0.0417. The van der Waals surface area contributed by atoms with Crippen LogP contribution in [0.5, 0.6) is 0 Å². The average molecular weight is 449 g/mol. The molecule has 0 amide bonds. The Hall–Kier alpha value is -5.17. The van der Waals surface area contributed by atoms with Crippen molar-refractivity contribution in [3.05, 3.63) is 88.1 Å². The fourth-order valence-electron chi connectivity index (χ4n) is 3.74. The summed E-state index contributed by atoms with van der Waals surface area (Å²) in [6, 6.07) is 16.7. The maximum atomic E-state index is 11.6. The number of H-pyrrole nitrogens is 2. The van der Waals surface area contributed by atoms with E-state index in [1.54, 1.807) is 35.2 Å². The second-order valence-electron chi connectivity index (χ2n) is 7.60. The maximum Gasteiger partial charge on any atom is 0.323 e. The van der Waals surface area contributed by atoms with Crippen LogP contribution in [0.3, 0.4) is 0 Å². The summed E-state index contributed by atoms with van der Waals surface area (Å²) in [5, 5.41) is 25.0. The number of anilines is 1. The second-order valence-corrected chi connectivity index (χ2v) is 7.60. The van der Waals surface area contributed by atoms with E-state index in [1.807, 2.05) is 30.3 Å². The minimum atomic E-state index is -0.279. The van der Waals surface area contributed by atoms with Gasteiger partial charge in [0.25, 0.3) is 0 Å². The molecule has 0 saturated heterocycles. The first kappa shape index (κ1) is 20.7. The van der Waals surface area contributed by atoms with E-state index < -0.39 is 0 Å². The lowest BCUT2D eigenvalue weighted by atomic mass is 10.1. The van der Waals surface area contributed by atoms with Crippen molar-refractivity contribution in [1.29, 1.82) is 10.7 Å². The predicted octanol–water partition coefficient (Wildman–Crippen LogP) is 2.82. The zero-order chi connectivity index (χ0) is 23.7. The van der Waals surface area contributed by atoms with Crippen LogP contribution in [0, 0.1) is 16.7 Å². The summed E-state index contributed by atoms with van der Waals surface area (Å²) < 4.78 is 1.70. The van der Waals surface area contributed by atoms with Gasteiger partial charge in [-0.2, -0.15) is 5.26 Å². The molecule has 34 heavy (non-hydrogen) atoms. The minimum Gasteiger partial charge on any atom is -0.382 e. The lowest BCUT2D eigenvalue weighted by Gasteiger charge is -2.11. The van der Waals surface area contributed by atoms with Gasteiger partial charge in [0, 0.05) is 19.0 Å². The monoisotopic (exact) mass is 449 g/mol. The van der Waals surface area contributed by atoms with Crippen LogP contribution in [0.1, 0.15) is 16.8 Å². The summed E-state index contributed by atoms with van der Waals surface area (Å²) in [5.41, 5.74) is 11.5. The highest BCUT2D eigenvalue weighted by Gasteiger charge is 2.14. The Morgan fingerprint density at radius 3 is 2.74 bits per heavy atom. The molecule has 0 bridgehead atoms. The molecule has 0 aliphatic carbocycles. The van der Waals surface area contributed by atoms with E-state index in [0.29, 0.717) is 45.7 Å². The highest BCUT2D eigenvalue weighted by Crippen LogP contribution is 2.26. The van der Waals surface area contributed by atoms with E-state index in [-0.39, 0.29) is 5.69 Å². The van der Waals surface area contributed by atoms with Crippen molar-refractivity contribution in [3.8, 4) is 11.8 Å². The molecule has 0 radical (unpaired) electrons. The molecule has 0 aliphatic rings. The van der Waals surface area contributed by atoms with E-state index in [9.17, 15) is 4.79 Å². The second kappa shape index (κ2) is 8.40. The van der Waals surface area contributed by atoms with Crippen LogP contribution in [0.15, 0.2) is 65.6 Å². The summed E-state index contributed by atoms with van der Waals surface area (Å²) >= 11 is 0. The van der Waals surface area contributed by atoms with Gasteiger partial charge in [0.15, 0.2) is 5.82 Å². The van der Waals surface area contributed by atoms with E-state index in [1.165, 1.54) is 6.21 Å². The molecule has 10 heteroatoms. The molecule has 0 aliphatic heterocycles. The quantitative estimate of drug-likeness (QED) is 0.250. The standard InChI is InChI=1S/C24H19N9O/c25-8-7-18(28-12-15-3-1-14(11-26)2-4-15)20-10-22-17(13-29-20)23(27)32-33(22)16-5-6-19-21(9-16)31-24(34)30-19/h1-10,13,25,28H,12H2,(H2,27,32)(H2,30,31,34)/b18-7-,25-8?. The first-order chi connectivity index (χ1) is 16.6. The molecule has 3 heterocycles. The summed E-state index contributed by atoms with van der Waals surface area (Å²) in [4.78, 5) is 21.6. The van der Waals surface area contributed by atoms with Gasteiger partial charge in [-0.05, 0) is 48.0 Å². The predicted molar refractivity (Wildman–Crippen MR) is 131 cm³/mol. The van der Waals surface area contributed by atoms with E-state index in [4.69, 9.17) is 16.4 Å². The fourth-order valence-corrected chi connectivity index (χ4v) is 3.74. The number of nitrogens with one attached hydrogen (secondary N) is 4. The Bertz CT molecular complexity index is 1660. The molecule has 2 aromatic carbocycles. The van der Waals surface area contributed by atoms with Crippen molar-refractivity contribution in [2.24, 2.45) is 0 Å². The molecule has 0 atom stereocenters. The molecular formula is C24H19N9O. The number of nitrogens with two attached hydrogens (primary N) is 1. The van der Waals surface area contributed by atoms with Crippen molar-refractivity contribution in [3.63, 3.8) is 0 Å². The number of allylic oxidation sites excluding steroid dienone is 1. The summed E-state index contributed by atoms with van der Waals surface area (Å²) in [7, 11) is 0. The molecule has 166 valence electrons. The average Bonchev–Trinajstić information content (AvgIpc) is 3.39. The van der Waals surface area contributed by atoms with E-state index in [2.05, 4.69) is 31.4 Å². The number of rotatable bonds is 6. The first-order valence-corrected chi connectivity index (χ1v) is 10.4. The van der Waals surface area contributed by atoms with Gasteiger partial charge in [-0.25, -0.2) is 9.48 Å². The van der Waals surface area contributed by atoms with Crippen LogP contribution in [0.25, 0.3) is 33.3 Å². The largest absolute Gasteiger partial charge is 0.382 e. The number of aromatic amines is 2. The lowest BCUT2D eigenvalue weighted by Crippen LogP contribution is -2.13. The summed E-state index contributed by atoms with van der Waals surface area (Å²) in [6.07, 6.45) is 4.47. The Morgan fingerprint density at radius 1 is 1.18 bits per heavy atom. The number of nitrogens with zero attached hydrogens (tertiary/aromatic N) is 4. The molecule has 5 aromatic rings. The molecule has 0 unspecified atom stereocenters. The van der Waals surface area contributed by atoms with Crippen molar-refractivity contribution < 1.29 is 0 Å². The molecule has 6 N–H and O–H groups in total. The zero-order valence-corrected chi connectivity index (χ0v) is 17.8. The Kier molecular flexibility index (Phi) is 5.12. The van der Waals surface area contributed by atoms with Gasteiger partial charge < -0.3 is 26.4 Å². The summed E-state index contributed by atoms with van der Waals surface area (Å²) in [6.45, 7) is 0.490. The van der Waals surface area contributed by atoms with Crippen LogP contribution in [-0.2, 0) is 6.54 Å². The van der Waals surface area contributed by atoms with Gasteiger partial charge in [0.05, 0.1) is 50.6 Å². The topological polar surface area (TPSA) is 165 Å². The Morgan fingerprint density at radius 2 is 1.97 bits per heavy atom. The Labute approximate surface area is 192 Å². The third-order valence-electron chi connectivity index (χ3n) is 5.43. The SMILES string of the molecule is N#Cc1ccc(CN/C(=C\C=N)c2cc3c(cn2)c(N)nn3-c2ccc3[nH]c(=O)[nH]c3c2)cc1. The Balaban J connectivity index is 1.52. The van der Waals surface area contributed by atoms with Crippen LogP contribution < -0.4 is 16.7 Å². The molecule has 0 spiro atoms. The first-order valence-electron chi connectivity index (χ1n) is 10.4. The smallest absolute Gasteiger partial charge is 0.323 e. The number of nitriles is 1.